The Labute approximate surface area is 97.0 Å². The van der Waals surface area contributed by atoms with E-state index in [4.69, 9.17) is 12.5 Å². The third-order valence-corrected chi connectivity index (χ3v) is 2.56. The average Bonchev–Trinajstić information content (AvgIpc) is 3.00. The lowest BCUT2D eigenvalue weighted by atomic mass is 10.2. The molecule has 1 aliphatic heterocycles. The number of benzene rings is 1. The van der Waals surface area contributed by atoms with Gasteiger partial charge in [-0.25, -0.2) is 0 Å². The van der Waals surface area contributed by atoms with Crippen molar-refractivity contribution in [2.45, 2.75) is 13.0 Å². The van der Waals surface area contributed by atoms with Crippen LogP contribution < -0.4 is 7.80 Å². The van der Waals surface area contributed by atoms with Gasteiger partial charge < -0.3 is 12.5 Å². The highest BCUT2D eigenvalue weighted by molar-refractivity contribution is 14.1. The summed E-state index contributed by atoms with van der Waals surface area (Å²) in [7, 11) is 0. The molecule has 3 nitrogen and oxygen atoms in total. The zero-order valence-electron chi connectivity index (χ0n) is 7.83. The van der Waals surface area contributed by atoms with Crippen LogP contribution in [0.1, 0.15) is 5.56 Å². The van der Waals surface area contributed by atoms with E-state index in [1.54, 1.807) is 0 Å². The molecule has 0 amide bonds. The van der Waals surface area contributed by atoms with Crippen LogP contribution in [0, 0.1) is 6.92 Å². The molecule has 1 atom stereocenters. The lowest BCUT2D eigenvalue weighted by Gasteiger charge is -2.07. The van der Waals surface area contributed by atoms with Crippen LogP contribution >= 0.6 is 23.0 Å². The monoisotopic (exact) mass is 306 g/mol. The number of hydrogen-bond acceptors (Lipinski definition) is 3. The van der Waals surface area contributed by atoms with Crippen LogP contribution in [-0.4, -0.2) is 19.3 Å². The molecule has 1 heterocycles. The van der Waals surface area contributed by atoms with Crippen LogP contribution in [0.3, 0.4) is 0 Å². The molecule has 0 spiro atoms. The number of aryl methyl sites for hydroxylation is 1. The van der Waals surface area contributed by atoms with E-state index < -0.39 is 0 Å². The Hall–Kier alpha value is -0.490. The molecule has 1 aromatic carbocycles. The van der Waals surface area contributed by atoms with Crippen molar-refractivity contribution in [2.75, 3.05) is 13.2 Å². The molecule has 0 aromatic heterocycles. The first-order valence-electron chi connectivity index (χ1n) is 4.43. The van der Waals surface area contributed by atoms with Crippen LogP contribution in [0.25, 0.3) is 0 Å². The summed E-state index contributed by atoms with van der Waals surface area (Å²) in [6.07, 6.45) is 0.292. The maximum Gasteiger partial charge on any atom is 0.192 e. The zero-order chi connectivity index (χ0) is 9.97. The van der Waals surface area contributed by atoms with E-state index in [1.807, 2.05) is 48.1 Å². The van der Waals surface area contributed by atoms with E-state index in [0.717, 1.165) is 23.7 Å². The standard InChI is InChI=1S/C10H11IO3/c1-7-2-3-8(4-10(7)14-11)12-5-9-6-13-9/h2-4,9H,5-6H2,1H3/t9-/m1/s1. The molecule has 14 heavy (non-hydrogen) atoms. The van der Waals surface area contributed by atoms with Gasteiger partial charge in [-0.05, 0) is 18.6 Å². The average molecular weight is 306 g/mol. The maximum atomic E-state index is 5.52. The van der Waals surface area contributed by atoms with Gasteiger partial charge in [-0.15, -0.1) is 0 Å². The molecule has 0 aliphatic carbocycles. The first-order valence-corrected chi connectivity index (χ1v) is 5.31. The number of epoxide rings is 1. The Morgan fingerprint density at radius 3 is 3.00 bits per heavy atom. The van der Waals surface area contributed by atoms with Gasteiger partial charge in [0.2, 0.25) is 0 Å². The first kappa shape index (κ1) is 10.0. The second kappa shape index (κ2) is 4.35. The highest BCUT2D eigenvalue weighted by Crippen LogP contribution is 2.26. The molecule has 4 heteroatoms. The van der Waals surface area contributed by atoms with E-state index in [2.05, 4.69) is 0 Å². The Morgan fingerprint density at radius 1 is 1.57 bits per heavy atom. The summed E-state index contributed by atoms with van der Waals surface area (Å²) in [5.74, 6) is 1.68. The quantitative estimate of drug-likeness (QED) is 0.632. The van der Waals surface area contributed by atoms with Crippen molar-refractivity contribution in [3.05, 3.63) is 23.8 Å². The fourth-order valence-corrected chi connectivity index (χ4v) is 1.58. The Morgan fingerprint density at radius 2 is 2.36 bits per heavy atom. The van der Waals surface area contributed by atoms with Gasteiger partial charge in [0.15, 0.2) is 23.0 Å². The summed E-state index contributed by atoms with van der Waals surface area (Å²) in [6, 6.07) is 5.82. The fourth-order valence-electron chi connectivity index (χ4n) is 1.11. The maximum absolute atomic E-state index is 5.52. The minimum atomic E-state index is 0.292. The van der Waals surface area contributed by atoms with E-state index in [0.29, 0.717) is 12.7 Å². The molecule has 0 bridgehead atoms. The molecule has 1 saturated heterocycles. The fraction of sp³-hybridized carbons (Fsp3) is 0.400. The van der Waals surface area contributed by atoms with Gasteiger partial charge in [0.05, 0.1) is 6.61 Å². The number of hydrogen-bond donors (Lipinski definition) is 0. The second-order valence-electron chi connectivity index (χ2n) is 3.27. The lowest BCUT2D eigenvalue weighted by Crippen LogP contribution is -2.03. The topological polar surface area (TPSA) is 31.0 Å². The molecule has 76 valence electrons. The molecule has 0 N–H and O–H groups in total. The molecule has 1 aromatic rings. The molecule has 0 radical (unpaired) electrons. The first-order chi connectivity index (χ1) is 6.79. The van der Waals surface area contributed by atoms with E-state index in [9.17, 15) is 0 Å². The minimum absolute atomic E-state index is 0.292. The van der Waals surface area contributed by atoms with Crippen molar-refractivity contribution >= 4 is 23.0 Å². The molecule has 2 rings (SSSR count). The largest absolute Gasteiger partial charge is 0.491 e. The van der Waals surface area contributed by atoms with Gasteiger partial charge in [-0.2, -0.15) is 0 Å². The van der Waals surface area contributed by atoms with Crippen molar-refractivity contribution in [1.82, 2.24) is 0 Å². The number of halogens is 1. The van der Waals surface area contributed by atoms with Crippen LogP contribution in [0.4, 0.5) is 0 Å². The van der Waals surface area contributed by atoms with E-state index >= 15 is 0 Å². The minimum Gasteiger partial charge on any atom is -0.491 e. The third kappa shape index (κ3) is 2.51. The van der Waals surface area contributed by atoms with E-state index in [1.165, 1.54) is 0 Å². The summed E-state index contributed by atoms with van der Waals surface area (Å²) in [6.45, 7) is 3.45. The van der Waals surface area contributed by atoms with Crippen LogP contribution in [0.2, 0.25) is 0 Å². The van der Waals surface area contributed by atoms with Gasteiger partial charge in [-0.3, -0.25) is 0 Å². The molecular formula is C10H11IO3. The van der Waals surface area contributed by atoms with Crippen molar-refractivity contribution in [2.24, 2.45) is 0 Å². The van der Waals surface area contributed by atoms with Crippen molar-refractivity contribution in [3.63, 3.8) is 0 Å². The summed E-state index contributed by atoms with van der Waals surface area (Å²) >= 11 is 1.87. The predicted molar refractivity (Wildman–Crippen MR) is 61.1 cm³/mol. The zero-order valence-corrected chi connectivity index (χ0v) is 9.98. The lowest BCUT2D eigenvalue weighted by molar-refractivity contribution is 0.262. The summed E-state index contributed by atoms with van der Waals surface area (Å²) in [5, 5.41) is 0. The number of ether oxygens (including phenoxy) is 2. The third-order valence-electron chi connectivity index (χ3n) is 2.08. The molecule has 1 aliphatic rings. The summed E-state index contributed by atoms with van der Waals surface area (Å²) < 4.78 is 15.7. The van der Waals surface area contributed by atoms with Gasteiger partial charge in [0.1, 0.15) is 24.2 Å². The SMILES string of the molecule is Cc1ccc(OC[C@@H]2CO2)cc1OI. The number of rotatable bonds is 4. The Balaban J connectivity index is 2.01. The summed E-state index contributed by atoms with van der Waals surface area (Å²) in [5.41, 5.74) is 1.11. The predicted octanol–water partition coefficient (Wildman–Crippen LogP) is 2.50. The Bertz CT molecular complexity index is 323. The highest BCUT2D eigenvalue weighted by Gasteiger charge is 2.23. The van der Waals surface area contributed by atoms with Gasteiger partial charge in [-0.1, -0.05) is 6.07 Å². The van der Waals surface area contributed by atoms with Crippen molar-refractivity contribution in [3.8, 4) is 11.5 Å². The second-order valence-corrected chi connectivity index (χ2v) is 3.71. The van der Waals surface area contributed by atoms with Gasteiger partial charge in [0, 0.05) is 6.07 Å². The summed E-state index contributed by atoms with van der Waals surface area (Å²) in [4.78, 5) is 0. The van der Waals surface area contributed by atoms with Crippen molar-refractivity contribution in [1.29, 1.82) is 0 Å². The van der Waals surface area contributed by atoms with Crippen LogP contribution in [0.15, 0.2) is 18.2 Å². The van der Waals surface area contributed by atoms with Crippen molar-refractivity contribution < 1.29 is 12.5 Å². The van der Waals surface area contributed by atoms with Crippen LogP contribution in [0.5, 0.6) is 11.5 Å². The van der Waals surface area contributed by atoms with Crippen LogP contribution in [-0.2, 0) is 4.74 Å². The smallest absolute Gasteiger partial charge is 0.192 e. The van der Waals surface area contributed by atoms with Gasteiger partial charge in [0.25, 0.3) is 0 Å². The van der Waals surface area contributed by atoms with Gasteiger partial charge >= 0.3 is 0 Å². The molecule has 0 unspecified atom stereocenters. The highest BCUT2D eigenvalue weighted by atomic mass is 127. The normalized spacial score (nSPS) is 19.1. The Kier molecular flexibility index (Phi) is 3.12. The molecular weight excluding hydrogens is 295 g/mol. The molecule has 1 fully saturated rings. The molecule has 0 saturated carbocycles. The van der Waals surface area contributed by atoms with E-state index in [-0.39, 0.29) is 0 Å².